The third kappa shape index (κ3) is 2.94. The van der Waals surface area contributed by atoms with Gasteiger partial charge in [-0.3, -0.25) is 9.59 Å². The van der Waals surface area contributed by atoms with Gasteiger partial charge >= 0.3 is 11.8 Å². The molecule has 0 aromatic heterocycles. The Morgan fingerprint density at radius 1 is 1.23 bits per heavy atom. The third-order valence-electron chi connectivity index (χ3n) is 4.26. The molecule has 3 rings (SSSR count). The predicted octanol–water partition coefficient (Wildman–Crippen LogP) is 1.93. The second-order valence-electron chi connectivity index (χ2n) is 5.83. The molecular formula is C15H16ClFN2O3. The van der Waals surface area contributed by atoms with Crippen LogP contribution in [-0.4, -0.2) is 40.0 Å². The highest BCUT2D eigenvalue weighted by atomic mass is 35.5. The van der Waals surface area contributed by atoms with Gasteiger partial charge in [-0.25, -0.2) is 4.39 Å². The van der Waals surface area contributed by atoms with Gasteiger partial charge in [0.25, 0.3) is 0 Å². The number of rotatable bonds is 1. The second-order valence-corrected chi connectivity index (χ2v) is 6.27. The van der Waals surface area contributed by atoms with E-state index in [4.69, 9.17) is 11.6 Å². The number of fused-ring (bicyclic) bond motifs is 2. The number of amides is 2. The van der Waals surface area contributed by atoms with Gasteiger partial charge in [-0.1, -0.05) is 11.6 Å². The summed E-state index contributed by atoms with van der Waals surface area (Å²) in [6.07, 6.45) is 2.19. The Balaban J connectivity index is 1.71. The van der Waals surface area contributed by atoms with E-state index in [9.17, 15) is 19.1 Å². The van der Waals surface area contributed by atoms with Crippen LogP contribution in [0.1, 0.15) is 25.7 Å². The molecule has 0 unspecified atom stereocenters. The highest BCUT2D eigenvalue weighted by molar-refractivity contribution is 6.40. The van der Waals surface area contributed by atoms with Crippen LogP contribution in [0.15, 0.2) is 18.2 Å². The third-order valence-corrected chi connectivity index (χ3v) is 4.48. The highest BCUT2D eigenvalue weighted by Crippen LogP contribution is 2.35. The van der Waals surface area contributed by atoms with E-state index < -0.39 is 23.7 Å². The zero-order chi connectivity index (χ0) is 15.9. The molecule has 0 aliphatic carbocycles. The number of halogens is 2. The van der Waals surface area contributed by atoms with Gasteiger partial charge in [-0.2, -0.15) is 0 Å². The van der Waals surface area contributed by atoms with Crippen molar-refractivity contribution in [2.75, 3.05) is 5.32 Å². The van der Waals surface area contributed by atoms with Crippen LogP contribution in [-0.2, 0) is 9.59 Å². The number of aliphatic hydroxyl groups excluding tert-OH is 1. The second kappa shape index (κ2) is 5.85. The topological polar surface area (TPSA) is 69.6 Å². The number of nitrogens with zero attached hydrogens (tertiary/aromatic N) is 1. The van der Waals surface area contributed by atoms with E-state index in [0.29, 0.717) is 12.8 Å². The van der Waals surface area contributed by atoms with Crippen LogP contribution < -0.4 is 5.32 Å². The molecule has 2 amide bonds. The Labute approximate surface area is 132 Å². The fraction of sp³-hybridized carbons (Fsp3) is 0.467. The molecule has 118 valence electrons. The van der Waals surface area contributed by atoms with Crippen molar-refractivity contribution in [2.45, 2.75) is 43.9 Å². The minimum Gasteiger partial charge on any atom is -0.393 e. The highest BCUT2D eigenvalue weighted by Gasteiger charge is 2.44. The lowest BCUT2D eigenvalue weighted by Gasteiger charge is -2.36. The molecule has 2 bridgehead atoms. The van der Waals surface area contributed by atoms with Crippen LogP contribution in [0.5, 0.6) is 0 Å². The summed E-state index contributed by atoms with van der Waals surface area (Å²) in [6, 6.07) is 3.41. The molecule has 5 nitrogen and oxygen atoms in total. The van der Waals surface area contributed by atoms with Gasteiger partial charge in [0.05, 0.1) is 6.10 Å². The minimum atomic E-state index is -0.810. The van der Waals surface area contributed by atoms with E-state index in [1.54, 1.807) is 4.90 Å². The first-order valence-electron chi connectivity index (χ1n) is 7.22. The largest absolute Gasteiger partial charge is 0.393 e. The summed E-state index contributed by atoms with van der Waals surface area (Å²) in [5.41, 5.74) is 0.146. The average Bonchev–Trinajstić information content (AvgIpc) is 2.68. The smallest absolute Gasteiger partial charge is 0.313 e. The molecule has 2 fully saturated rings. The van der Waals surface area contributed by atoms with Gasteiger partial charge in [-0.15, -0.1) is 0 Å². The van der Waals surface area contributed by atoms with Gasteiger partial charge in [0.15, 0.2) is 0 Å². The van der Waals surface area contributed by atoms with Crippen LogP contribution >= 0.6 is 11.6 Å². The van der Waals surface area contributed by atoms with Crippen molar-refractivity contribution < 1.29 is 19.1 Å². The first-order chi connectivity index (χ1) is 10.4. The fourth-order valence-electron chi connectivity index (χ4n) is 3.41. The molecule has 1 aromatic rings. The van der Waals surface area contributed by atoms with Crippen LogP contribution in [0, 0.1) is 5.82 Å². The fourth-order valence-corrected chi connectivity index (χ4v) is 3.63. The minimum absolute atomic E-state index is 0.0944. The molecule has 7 heteroatoms. The number of nitrogens with one attached hydrogen (secondary N) is 1. The van der Waals surface area contributed by atoms with Crippen molar-refractivity contribution in [1.82, 2.24) is 4.90 Å². The first-order valence-corrected chi connectivity index (χ1v) is 7.59. The van der Waals surface area contributed by atoms with Crippen LogP contribution in [0.3, 0.4) is 0 Å². The Morgan fingerprint density at radius 3 is 2.45 bits per heavy atom. The van der Waals surface area contributed by atoms with Gasteiger partial charge in [0, 0.05) is 22.8 Å². The summed E-state index contributed by atoms with van der Waals surface area (Å²) < 4.78 is 13.3. The summed E-state index contributed by atoms with van der Waals surface area (Å²) in [7, 11) is 0. The van der Waals surface area contributed by atoms with E-state index in [-0.39, 0.29) is 22.8 Å². The molecular weight excluding hydrogens is 311 g/mol. The Kier molecular flexibility index (Phi) is 4.06. The summed E-state index contributed by atoms with van der Waals surface area (Å²) in [6.45, 7) is 0. The standard InChI is InChI=1S/C15H16ClFN2O3/c16-8-3-9(17)5-10(4-8)18-14(21)15(22)19-11-1-2-12(19)7-13(20)6-11/h3-5,11-13,20H,1-2,6-7H2,(H,18,21)/t11-,12-/m0/s1. The van der Waals surface area contributed by atoms with Crippen molar-refractivity contribution in [3.05, 3.63) is 29.0 Å². The maximum absolute atomic E-state index is 13.3. The zero-order valence-electron chi connectivity index (χ0n) is 11.8. The Hall–Kier alpha value is -1.66. The zero-order valence-corrected chi connectivity index (χ0v) is 12.5. The summed E-state index contributed by atoms with van der Waals surface area (Å²) in [4.78, 5) is 26.0. The number of hydrogen-bond acceptors (Lipinski definition) is 3. The summed E-state index contributed by atoms with van der Waals surface area (Å²) in [5, 5.41) is 12.3. The number of carbonyl (C=O) groups is 2. The molecule has 2 saturated heterocycles. The number of hydrogen-bond donors (Lipinski definition) is 2. The van der Waals surface area contributed by atoms with Gasteiger partial charge < -0.3 is 15.3 Å². The molecule has 0 spiro atoms. The van der Waals surface area contributed by atoms with Crippen molar-refractivity contribution in [3.8, 4) is 0 Å². The maximum atomic E-state index is 13.3. The molecule has 2 aliphatic rings. The van der Waals surface area contributed by atoms with Crippen molar-refractivity contribution in [2.24, 2.45) is 0 Å². The van der Waals surface area contributed by atoms with E-state index in [2.05, 4.69) is 5.32 Å². The first kappa shape index (κ1) is 15.2. The van der Waals surface area contributed by atoms with Crippen molar-refractivity contribution in [3.63, 3.8) is 0 Å². The van der Waals surface area contributed by atoms with Gasteiger partial charge in [-0.05, 0) is 43.9 Å². The van der Waals surface area contributed by atoms with E-state index in [0.717, 1.165) is 25.0 Å². The molecule has 0 radical (unpaired) electrons. The quantitative estimate of drug-likeness (QED) is 0.775. The van der Waals surface area contributed by atoms with Crippen LogP contribution in [0.2, 0.25) is 5.02 Å². The van der Waals surface area contributed by atoms with Crippen molar-refractivity contribution >= 4 is 29.1 Å². The maximum Gasteiger partial charge on any atom is 0.313 e. The molecule has 2 atom stereocenters. The lowest BCUT2D eigenvalue weighted by molar-refractivity contribution is -0.147. The Bertz CT molecular complexity index is 591. The normalized spacial score (nSPS) is 26.9. The van der Waals surface area contributed by atoms with Crippen LogP contribution in [0.4, 0.5) is 10.1 Å². The molecule has 22 heavy (non-hydrogen) atoms. The van der Waals surface area contributed by atoms with Crippen molar-refractivity contribution in [1.29, 1.82) is 0 Å². The molecule has 2 heterocycles. The van der Waals surface area contributed by atoms with E-state index >= 15 is 0 Å². The summed E-state index contributed by atoms with van der Waals surface area (Å²) in [5.74, 6) is -2.04. The number of anilines is 1. The molecule has 0 saturated carbocycles. The van der Waals surface area contributed by atoms with Gasteiger partial charge in [0.1, 0.15) is 5.82 Å². The number of aliphatic hydroxyl groups is 1. The molecule has 2 N–H and O–H groups in total. The van der Waals surface area contributed by atoms with Gasteiger partial charge in [0.2, 0.25) is 0 Å². The Morgan fingerprint density at radius 2 is 1.86 bits per heavy atom. The lowest BCUT2D eigenvalue weighted by Crippen LogP contribution is -2.51. The van der Waals surface area contributed by atoms with E-state index in [1.165, 1.54) is 6.07 Å². The lowest BCUT2D eigenvalue weighted by atomic mass is 10.00. The molecule has 1 aromatic carbocycles. The molecule has 2 aliphatic heterocycles. The van der Waals surface area contributed by atoms with Crippen LogP contribution in [0.25, 0.3) is 0 Å². The SMILES string of the molecule is O=C(Nc1cc(F)cc(Cl)c1)C(=O)N1[C@H]2CC[C@H]1CC(O)C2. The number of benzene rings is 1. The van der Waals surface area contributed by atoms with E-state index in [1.807, 2.05) is 0 Å². The predicted molar refractivity (Wildman–Crippen MR) is 78.9 cm³/mol. The number of carbonyl (C=O) groups excluding carboxylic acids is 2. The number of piperidine rings is 1. The summed E-state index contributed by atoms with van der Waals surface area (Å²) >= 11 is 5.72. The monoisotopic (exact) mass is 326 g/mol. The average molecular weight is 327 g/mol.